The summed E-state index contributed by atoms with van der Waals surface area (Å²) in [5.41, 5.74) is 1.41. The normalized spacial score (nSPS) is 13.6. The van der Waals surface area contributed by atoms with E-state index in [9.17, 15) is 8.42 Å². The molecule has 3 nitrogen and oxygen atoms in total. The first-order chi connectivity index (χ1) is 17.5. The third-order valence-corrected chi connectivity index (χ3v) is 11.8. The van der Waals surface area contributed by atoms with Crippen molar-refractivity contribution in [3.8, 4) is 0 Å². The van der Waals surface area contributed by atoms with Crippen LogP contribution in [-0.4, -0.2) is 19.4 Å². The average Bonchev–Trinajstić information content (AvgIpc) is 2.92. The van der Waals surface area contributed by atoms with Gasteiger partial charge in [0.2, 0.25) is 0 Å². The average molecular weight is 508 g/mol. The van der Waals surface area contributed by atoms with Gasteiger partial charge in [0.05, 0.1) is 10.6 Å². The minimum absolute atomic E-state index is 0.192. The summed E-state index contributed by atoms with van der Waals surface area (Å²) in [6.45, 7) is -0.307. The number of nitrogens with zero attached hydrogens (tertiary/aromatic N) is 1. The zero-order valence-corrected chi connectivity index (χ0v) is 21.6. The van der Waals surface area contributed by atoms with E-state index >= 15 is 0 Å². The first-order valence-corrected chi connectivity index (χ1v) is 14.9. The van der Waals surface area contributed by atoms with Gasteiger partial charge in [0.25, 0.3) is 10.0 Å². The van der Waals surface area contributed by atoms with Crippen LogP contribution >= 0.6 is 6.89 Å². The lowest BCUT2D eigenvalue weighted by atomic mass is 10.2. The van der Waals surface area contributed by atoms with Crippen LogP contribution in [0, 0.1) is 6.92 Å². The van der Waals surface area contributed by atoms with E-state index in [1.807, 2.05) is 49.4 Å². The fourth-order valence-corrected chi connectivity index (χ4v) is 9.72. The molecule has 0 atom stereocenters. The number of sulfonamides is 1. The fourth-order valence-electron chi connectivity index (χ4n) is 4.49. The first kappa shape index (κ1) is 24.0. The Morgan fingerprint density at radius 1 is 0.556 bits per heavy atom. The van der Waals surface area contributed by atoms with E-state index in [1.165, 1.54) is 15.9 Å². The summed E-state index contributed by atoms with van der Waals surface area (Å²) in [5, 5.41) is 4.84. The maximum atomic E-state index is 12.9. The Bertz CT molecular complexity index is 1500. The number of allylic oxidation sites excluding steroid dienone is 4. The Kier molecular flexibility index (Phi) is 6.73. The highest BCUT2D eigenvalue weighted by Gasteiger charge is 2.28. The van der Waals surface area contributed by atoms with Crippen molar-refractivity contribution in [2.45, 2.75) is 11.8 Å². The van der Waals surface area contributed by atoms with Crippen LogP contribution in [-0.2, 0) is 10.0 Å². The highest BCUT2D eigenvalue weighted by atomic mass is 32.2. The zero-order valence-electron chi connectivity index (χ0n) is 19.9. The molecule has 0 aliphatic heterocycles. The van der Waals surface area contributed by atoms with Crippen LogP contribution in [0.2, 0.25) is 0 Å². The highest BCUT2D eigenvalue weighted by Crippen LogP contribution is 2.47. The van der Waals surface area contributed by atoms with Crippen molar-refractivity contribution in [2.24, 2.45) is 4.40 Å². The van der Waals surface area contributed by atoms with Crippen LogP contribution in [0.25, 0.3) is 0 Å². The zero-order chi connectivity index (χ0) is 25.0. The minimum atomic E-state index is -3.80. The maximum Gasteiger partial charge on any atom is 0.282 e. The van der Waals surface area contributed by atoms with Crippen molar-refractivity contribution >= 4 is 43.8 Å². The fraction of sp³-hybridized carbons (Fsp3) is 0.0323. The summed E-state index contributed by atoms with van der Waals surface area (Å²) in [4.78, 5) is 0.192. The van der Waals surface area contributed by atoms with Gasteiger partial charge in [-0.05, 0) is 59.3 Å². The van der Waals surface area contributed by atoms with Crippen LogP contribution in [0.3, 0.4) is 0 Å². The number of hydrogen-bond acceptors (Lipinski definition) is 2. The van der Waals surface area contributed by atoms with Crippen LogP contribution in [0.4, 0.5) is 0 Å². The number of benzene rings is 4. The molecule has 1 aliphatic rings. The van der Waals surface area contributed by atoms with Crippen LogP contribution in [0.15, 0.2) is 149 Å². The minimum Gasteiger partial charge on any atom is -0.199 e. The number of hydrogen-bond donors (Lipinski definition) is 0. The standard InChI is InChI=1S/C31H26NO2PS/c1-25-17-23-31(24-18-25)36(33,34)32-26-19-21-30(22-20-26)35(27-11-5-2-6-12-27,28-13-7-3-8-14-28)29-15-9-4-10-16-29/h2-24H,1H3. The summed E-state index contributed by atoms with van der Waals surface area (Å²) in [7, 11) is -3.80. The van der Waals surface area contributed by atoms with Gasteiger partial charge >= 0.3 is 0 Å². The lowest BCUT2D eigenvalue weighted by molar-refractivity contribution is 0.598. The molecule has 36 heavy (non-hydrogen) atoms. The Morgan fingerprint density at radius 2 is 0.972 bits per heavy atom. The van der Waals surface area contributed by atoms with Crippen molar-refractivity contribution < 1.29 is 8.42 Å². The third kappa shape index (κ3) is 4.58. The highest BCUT2D eigenvalue weighted by molar-refractivity contribution is 7.96. The molecule has 0 aromatic heterocycles. The molecule has 0 heterocycles. The van der Waals surface area contributed by atoms with Crippen molar-refractivity contribution in [1.82, 2.24) is 0 Å². The second-order valence-corrected chi connectivity index (χ2v) is 13.6. The third-order valence-electron chi connectivity index (χ3n) is 6.21. The van der Waals surface area contributed by atoms with E-state index < -0.39 is 16.9 Å². The molecule has 0 unspecified atom stereocenters. The molecule has 1 aliphatic carbocycles. The van der Waals surface area contributed by atoms with Crippen molar-refractivity contribution in [3.63, 3.8) is 0 Å². The molecule has 0 spiro atoms. The van der Waals surface area contributed by atoms with Crippen LogP contribution in [0.5, 0.6) is 0 Å². The summed E-state index contributed by atoms with van der Waals surface area (Å²) in [6, 6.07) is 38.5. The van der Waals surface area contributed by atoms with Gasteiger partial charge < -0.3 is 0 Å². The second-order valence-electron chi connectivity index (χ2n) is 8.57. The summed E-state index contributed by atoms with van der Waals surface area (Å²) in [5.74, 6) is 0. The van der Waals surface area contributed by atoms with E-state index in [1.54, 1.807) is 24.3 Å². The molecule has 0 saturated carbocycles. The monoisotopic (exact) mass is 507 g/mol. The summed E-state index contributed by atoms with van der Waals surface area (Å²) in [6.07, 6.45) is 7.68. The quantitative estimate of drug-likeness (QED) is 0.339. The van der Waals surface area contributed by atoms with E-state index in [0.29, 0.717) is 5.71 Å². The molecule has 5 rings (SSSR count). The molecule has 4 aromatic carbocycles. The summed E-state index contributed by atoms with van der Waals surface area (Å²) < 4.78 is 29.9. The summed E-state index contributed by atoms with van der Waals surface area (Å²) >= 11 is 0. The lowest BCUT2D eigenvalue weighted by Gasteiger charge is -2.31. The smallest absolute Gasteiger partial charge is 0.199 e. The maximum absolute atomic E-state index is 12.9. The van der Waals surface area contributed by atoms with Crippen molar-refractivity contribution in [3.05, 3.63) is 145 Å². The molecular weight excluding hydrogens is 481 g/mol. The predicted octanol–water partition coefficient (Wildman–Crippen LogP) is 5.42. The van der Waals surface area contributed by atoms with E-state index in [0.717, 1.165) is 10.9 Å². The molecule has 4 aromatic rings. The van der Waals surface area contributed by atoms with Crippen LogP contribution < -0.4 is 15.9 Å². The van der Waals surface area contributed by atoms with Gasteiger partial charge in [0.1, 0.15) is 0 Å². The molecule has 0 bridgehead atoms. The second kappa shape index (κ2) is 10.1. The molecule has 5 heteroatoms. The largest absolute Gasteiger partial charge is 0.282 e. The number of rotatable bonds is 5. The Balaban J connectivity index is 1.72. The molecule has 178 valence electrons. The SMILES string of the molecule is Cc1ccc(S(=O)(=O)N=C2C=CC(=P(c3ccccc3)(c3ccccc3)c3ccccc3)C=C2)cc1. The molecule has 0 saturated heterocycles. The van der Waals surface area contributed by atoms with Crippen molar-refractivity contribution in [2.75, 3.05) is 0 Å². The molecular formula is C31H26NO2PS. The molecule has 0 N–H and O–H groups in total. The van der Waals surface area contributed by atoms with E-state index in [2.05, 4.69) is 77.2 Å². The van der Waals surface area contributed by atoms with Crippen LogP contribution in [0.1, 0.15) is 5.56 Å². The van der Waals surface area contributed by atoms with E-state index in [4.69, 9.17) is 0 Å². The first-order valence-electron chi connectivity index (χ1n) is 11.7. The Labute approximate surface area is 213 Å². The number of aryl methyl sites for hydroxylation is 1. The molecule has 0 radical (unpaired) electrons. The lowest BCUT2D eigenvalue weighted by Crippen LogP contribution is -2.29. The topological polar surface area (TPSA) is 46.5 Å². The predicted molar refractivity (Wildman–Crippen MR) is 154 cm³/mol. The Hall–Kier alpha value is -3.72. The van der Waals surface area contributed by atoms with Crippen molar-refractivity contribution in [1.29, 1.82) is 0 Å². The van der Waals surface area contributed by atoms with Gasteiger partial charge in [-0.1, -0.05) is 121 Å². The van der Waals surface area contributed by atoms with Gasteiger partial charge in [-0.2, -0.15) is 12.8 Å². The van der Waals surface area contributed by atoms with Gasteiger partial charge in [-0.3, -0.25) is 0 Å². The van der Waals surface area contributed by atoms with Gasteiger partial charge in [-0.25, -0.2) is 0 Å². The molecule has 0 amide bonds. The molecule has 0 fully saturated rings. The van der Waals surface area contributed by atoms with Gasteiger partial charge in [0.15, 0.2) is 0 Å². The van der Waals surface area contributed by atoms with Gasteiger partial charge in [-0.15, -0.1) is 0 Å². The van der Waals surface area contributed by atoms with Gasteiger partial charge in [0, 0.05) is 0 Å². The van der Waals surface area contributed by atoms with E-state index in [-0.39, 0.29) is 4.90 Å². The Morgan fingerprint density at radius 3 is 1.39 bits per heavy atom.